The molecule has 1 aliphatic heterocycles. The molecule has 5 heteroatoms. The van der Waals surface area contributed by atoms with Crippen molar-refractivity contribution in [2.75, 3.05) is 46.4 Å². The third-order valence-electron chi connectivity index (χ3n) is 5.16. The van der Waals surface area contributed by atoms with Crippen molar-refractivity contribution < 1.29 is 4.74 Å². The fraction of sp³-hybridized carbons (Fsp3) is 0.682. The van der Waals surface area contributed by atoms with Gasteiger partial charge in [-0.15, -0.1) is 0 Å². The summed E-state index contributed by atoms with van der Waals surface area (Å²) in [7, 11) is 1.84. The molecule has 0 amide bonds. The Morgan fingerprint density at radius 3 is 2.63 bits per heavy atom. The maximum Gasteiger partial charge on any atom is 0.190 e. The summed E-state index contributed by atoms with van der Waals surface area (Å²) in [5, 5.41) is 6.94. The van der Waals surface area contributed by atoms with E-state index in [9.17, 15) is 0 Å². The molecule has 0 spiro atoms. The monoisotopic (exact) mass is 374 g/mol. The van der Waals surface area contributed by atoms with Crippen molar-refractivity contribution in [3.05, 3.63) is 35.9 Å². The highest BCUT2D eigenvalue weighted by Crippen LogP contribution is 2.16. The molecule has 0 bridgehead atoms. The molecule has 0 aromatic heterocycles. The van der Waals surface area contributed by atoms with Crippen molar-refractivity contribution in [3.63, 3.8) is 0 Å². The van der Waals surface area contributed by atoms with Gasteiger partial charge in [-0.2, -0.15) is 0 Å². The van der Waals surface area contributed by atoms with E-state index in [2.05, 4.69) is 46.5 Å². The van der Waals surface area contributed by atoms with E-state index in [-0.39, 0.29) is 0 Å². The topological polar surface area (TPSA) is 48.9 Å². The van der Waals surface area contributed by atoms with Crippen LogP contribution in [0.2, 0.25) is 0 Å². The second-order valence-electron chi connectivity index (χ2n) is 7.72. The third kappa shape index (κ3) is 8.76. The van der Waals surface area contributed by atoms with E-state index in [0.29, 0.717) is 12.5 Å². The van der Waals surface area contributed by atoms with Crippen LogP contribution >= 0.6 is 0 Å². The van der Waals surface area contributed by atoms with Gasteiger partial charge in [0.2, 0.25) is 0 Å². The number of guanidine groups is 1. The minimum atomic E-state index is 0.435. The molecule has 1 heterocycles. The zero-order chi connectivity index (χ0) is 19.3. The van der Waals surface area contributed by atoms with Gasteiger partial charge in [-0.1, -0.05) is 44.2 Å². The van der Waals surface area contributed by atoms with Crippen LogP contribution in [0.1, 0.15) is 38.7 Å². The van der Waals surface area contributed by atoms with Gasteiger partial charge in [0.1, 0.15) is 0 Å². The SMILES string of the molecule is CCCN1CCC(CNC(=NC)NCC(C)COCc2ccccc2)CC1. The highest BCUT2D eigenvalue weighted by molar-refractivity contribution is 5.79. The average molecular weight is 375 g/mol. The lowest BCUT2D eigenvalue weighted by Gasteiger charge is -2.32. The quantitative estimate of drug-likeness (QED) is 0.488. The first-order chi connectivity index (χ1) is 13.2. The smallest absolute Gasteiger partial charge is 0.190 e. The number of nitrogens with zero attached hydrogens (tertiary/aromatic N) is 2. The van der Waals surface area contributed by atoms with Crippen LogP contribution in [-0.2, 0) is 11.3 Å². The molecular weight excluding hydrogens is 336 g/mol. The van der Waals surface area contributed by atoms with Crippen LogP contribution in [0.25, 0.3) is 0 Å². The Bertz CT molecular complexity index is 526. The van der Waals surface area contributed by atoms with Crippen LogP contribution in [0.3, 0.4) is 0 Å². The van der Waals surface area contributed by atoms with Gasteiger partial charge in [-0.05, 0) is 56.3 Å². The van der Waals surface area contributed by atoms with E-state index in [1.54, 1.807) is 0 Å². The molecule has 1 aromatic rings. The number of ether oxygens (including phenoxy) is 1. The molecule has 1 fully saturated rings. The highest BCUT2D eigenvalue weighted by Gasteiger charge is 2.18. The van der Waals surface area contributed by atoms with Crippen molar-refractivity contribution >= 4 is 5.96 Å². The van der Waals surface area contributed by atoms with E-state index < -0.39 is 0 Å². The first-order valence-corrected chi connectivity index (χ1v) is 10.5. The maximum absolute atomic E-state index is 5.83. The molecule has 1 unspecified atom stereocenters. The predicted molar refractivity (Wildman–Crippen MR) is 114 cm³/mol. The lowest BCUT2D eigenvalue weighted by atomic mass is 9.97. The van der Waals surface area contributed by atoms with Gasteiger partial charge in [0.15, 0.2) is 5.96 Å². The van der Waals surface area contributed by atoms with E-state index in [4.69, 9.17) is 4.74 Å². The Hall–Kier alpha value is -1.59. The maximum atomic E-state index is 5.83. The highest BCUT2D eigenvalue weighted by atomic mass is 16.5. The third-order valence-corrected chi connectivity index (χ3v) is 5.16. The fourth-order valence-corrected chi connectivity index (χ4v) is 3.47. The zero-order valence-electron chi connectivity index (χ0n) is 17.4. The number of aliphatic imine (C=N–C) groups is 1. The van der Waals surface area contributed by atoms with Gasteiger partial charge in [-0.3, -0.25) is 4.99 Å². The van der Waals surface area contributed by atoms with E-state index in [0.717, 1.165) is 31.6 Å². The predicted octanol–water partition coefficient (Wildman–Crippen LogP) is 3.13. The Labute approximate surface area is 165 Å². The fourth-order valence-electron chi connectivity index (χ4n) is 3.47. The summed E-state index contributed by atoms with van der Waals surface area (Å²) >= 11 is 0. The van der Waals surface area contributed by atoms with Gasteiger partial charge < -0.3 is 20.3 Å². The molecule has 2 N–H and O–H groups in total. The van der Waals surface area contributed by atoms with Crippen LogP contribution in [-0.4, -0.2) is 57.2 Å². The molecular formula is C22H38N4O. The summed E-state index contributed by atoms with van der Waals surface area (Å²) in [6.07, 6.45) is 3.83. The molecule has 5 nitrogen and oxygen atoms in total. The summed E-state index contributed by atoms with van der Waals surface area (Å²) in [6, 6.07) is 10.3. The van der Waals surface area contributed by atoms with Crippen LogP contribution in [0.4, 0.5) is 0 Å². The van der Waals surface area contributed by atoms with Gasteiger partial charge in [0.05, 0.1) is 13.2 Å². The zero-order valence-corrected chi connectivity index (χ0v) is 17.4. The molecule has 0 radical (unpaired) electrons. The number of rotatable bonds is 10. The Morgan fingerprint density at radius 2 is 1.96 bits per heavy atom. The Kier molecular flexibility index (Phi) is 10.2. The normalized spacial score (nSPS) is 17.7. The molecule has 1 atom stereocenters. The van der Waals surface area contributed by atoms with Crippen LogP contribution in [0.5, 0.6) is 0 Å². The summed E-state index contributed by atoms with van der Waals surface area (Å²) in [5.41, 5.74) is 1.22. The average Bonchev–Trinajstić information content (AvgIpc) is 2.70. The van der Waals surface area contributed by atoms with Crippen LogP contribution in [0.15, 0.2) is 35.3 Å². The standard InChI is InChI=1S/C22H38N4O/c1-4-12-26-13-10-20(11-14-26)16-25-22(23-3)24-15-19(2)17-27-18-21-8-6-5-7-9-21/h5-9,19-20H,4,10-18H2,1-3H3,(H2,23,24,25). The lowest BCUT2D eigenvalue weighted by molar-refractivity contribution is 0.0931. The van der Waals surface area contributed by atoms with Gasteiger partial charge >= 0.3 is 0 Å². The van der Waals surface area contributed by atoms with E-state index in [1.165, 1.54) is 44.5 Å². The minimum absolute atomic E-state index is 0.435. The second kappa shape index (κ2) is 12.7. The molecule has 1 aromatic carbocycles. The molecule has 1 aliphatic rings. The largest absolute Gasteiger partial charge is 0.376 e. The van der Waals surface area contributed by atoms with Crippen molar-refractivity contribution in [1.29, 1.82) is 0 Å². The summed E-state index contributed by atoms with van der Waals surface area (Å²) in [4.78, 5) is 6.94. The molecule has 0 saturated carbocycles. The summed E-state index contributed by atoms with van der Waals surface area (Å²) < 4.78 is 5.83. The van der Waals surface area contributed by atoms with Crippen LogP contribution in [0, 0.1) is 11.8 Å². The number of nitrogens with one attached hydrogen (secondary N) is 2. The first kappa shape index (κ1) is 21.7. The number of hydrogen-bond donors (Lipinski definition) is 2. The van der Waals surface area contributed by atoms with Gasteiger partial charge in [0.25, 0.3) is 0 Å². The molecule has 0 aliphatic carbocycles. The minimum Gasteiger partial charge on any atom is -0.376 e. The molecule has 27 heavy (non-hydrogen) atoms. The first-order valence-electron chi connectivity index (χ1n) is 10.5. The van der Waals surface area contributed by atoms with Crippen LogP contribution < -0.4 is 10.6 Å². The van der Waals surface area contributed by atoms with Crippen molar-refractivity contribution in [2.24, 2.45) is 16.8 Å². The lowest BCUT2D eigenvalue weighted by Crippen LogP contribution is -2.44. The Morgan fingerprint density at radius 1 is 1.22 bits per heavy atom. The Balaban J connectivity index is 1.57. The summed E-state index contributed by atoms with van der Waals surface area (Å²) in [6.45, 7) is 11.5. The second-order valence-corrected chi connectivity index (χ2v) is 7.72. The number of piperidine rings is 1. The van der Waals surface area contributed by atoms with Crippen molar-refractivity contribution in [3.8, 4) is 0 Å². The van der Waals surface area contributed by atoms with Gasteiger partial charge in [-0.25, -0.2) is 0 Å². The van der Waals surface area contributed by atoms with Crippen molar-refractivity contribution in [2.45, 2.75) is 39.7 Å². The van der Waals surface area contributed by atoms with E-state index >= 15 is 0 Å². The number of likely N-dealkylation sites (tertiary alicyclic amines) is 1. The molecule has 2 rings (SSSR count). The van der Waals surface area contributed by atoms with E-state index in [1.807, 2.05) is 25.2 Å². The van der Waals surface area contributed by atoms with Gasteiger partial charge in [0, 0.05) is 20.1 Å². The number of benzene rings is 1. The number of hydrogen-bond acceptors (Lipinski definition) is 3. The summed E-state index contributed by atoms with van der Waals surface area (Å²) in [5.74, 6) is 2.09. The van der Waals surface area contributed by atoms with Crippen molar-refractivity contribution in [1.82, 2.24) is 15.5 Å². The molecule has 152 valence electrons. The molecule has 1 saturated heterocycles.